The van der Waals surface area contributed by atoms with Gasteiger partial charge in [0.05, 0.1) is 31.8 Å². The van der Waals surface area contributed by atoms with Crippen LogP contribution in [-0.4, -0.2) is 72.7 Å². The quantitative estimate of drug-likeness (QED) is 0.0360. The van der Waals surface area contributed by atoms with Gasteiger partial charge in [0.25, 0.3) is 0 Å². The molecule has 514 valence electrons. The van der Waals surface area contributed by atoms with Gasteiger partial charge >= 0.3 is 29.1 Å². The van der Waals surface area contributed by atoms with Crippen molar-refractivity contribution in [3.05, 3.63) is 202 Å². The van der Waals surface area contributed by atoms with Crippen molar-refractivity contribution >= 4 is 29.1 Å². The molecule has 0 bridgehead atoms. The Balaban J connectivity index is 0.000000265. The minimum absolute atomic E-state index is 0.000484. The lowest BCUT2D eigenvalue weighted by molar-refractivity contribution is -0.154. The SMILES string of the molecule is CC(C)(c1ccccc1)c1ccc(OP2OCC3(CO2)COP(Oc2ccc(C(C)(C)c4ccccc4)cc2C(C)(C)c2ccccc2)OC3)c(C(C)(C)c2ccccc2)c1.CC1(C)CC(OC(=O)CCCCCCCCC(=O)OC2CC(C)(C)NC(C)(C)C2)CC(C)(C)N1. The minimum Gasteiger partial charge on any atom is -0.462 e. The maximum atomic E-state index is 12.3. The van der Waals surface area contributed by atoms with E-state index in [0.29, 0.717) is 39.3 Å². The van der Waals surface area contributed by atoms with E-state index >= 15 is 0 Å². The van der Waals surface area contributed by atoms with Crippen molar-refractivity contribution in [2.45, 2.75) is 244 Å². The van der Waals surface area contributed by atoms with Crippen LogP contribution < -0.4 is 19.7 Å². The number of rotatable bonds is 23. The highest BCUT2D eigenvalue weighted by Crippen LogP contribution is 2.56. The summed E-state index contributed by atoms with van der Waals surface area (Å²) in [6, 6.07) is 55.6. The monoisotopic (exact) mass is 1330 g/mol. The zero-order chi connectivity index (χ0) is 68.5. The molecule has 0 aromatic heterocycles. The van der Waals surface area contributed by atoms with Crippen LogP contribution in [0.5, 0.6) is 11.5 Å². The molecular formula is C81H110N2O10P2. The average Bonchev–Trinajstić information content (AvgIpc) is 0.771. The number of carbonyl (C=O) groups excluding carboxylic acids is 2. The predicted molar refractivity (Wildman–Crippen MR) is 386 cm³/mol. The molecule has 0 atom stereocenters. The van der Waals surface area contributed by atoms with Gasteiger partial charge in [-0.3, -0.25) is 9.59 Å². The van der Waals surface area contributed by atoms with Crippen LogP contribution in [0, 0.1) is 5.41 Å². The molecule has 1 spiro atoms. The number of hydrogen-bond acceptors (Lipinski definition) is 12. The molecule has 0 unspecified atom stereocenters. The summed E-state index contributed by atoms with van der Waals surface area (Å²) >= 11 is 0. The lowest BCUT2D eigenvalue weighted by Crippen LogP contribution is -2.59. The number of benzene rings is 6. The molecule has 10 rings (SSSR count). The van der Waals surface area contributed by atoms with Crippen LogP contribution in [0.4, 0.5) is 0 Å². The van der Waals surface area contributed by atoms with Crippen LogP contribution in [-0.2, 0) is 58.8 Å². The summed E-state index contributed by atoms with van der Waals surface area (Å²) in [6.07, 6.45) is 10.4. The van der Waals surface area contributed by atoms with Gasteiger partial charge < -0.3 is 47.2 Å². The fraction of sp³-hybridized carbons (Fsp3) is 0.531. The maximum absolute atomic E-state index is 12.3. The predicted octanol–water partition coefficient (Wildman–Crippen LogP) is 19.8. The fourth-order valence-corrected chi connectivity index (χ4v) is 17.3. The van der Waals surface area contributed by atoms with E-state index in [-0.39, 0.29) is 68.0 Å². The van der Waals surface area contributed by atoms with E-state index in [1.165, 1.54) is 33.4 Å². The van der Waals surface area contributed by atoms with Gasteiger partial charge in [-0.2, -0.15) is 0 Å². The van der Waals surface area contributed by atoms with Gasteiger partial charge in [0.1, 0.15) is 23.7 Å². The lowest BCUT2D eigenvalue weighted by Gasteiger charge is -2.46. The standard InChI is InChI=1S/C53H58O6P2.C28H52N2O4/c1-49(2,39-21-13-9-14-22-39)43-29-31-47(45(33-43)51(5,6)41-25-17-11-18-26-41)58-60-54-35-53(36-55-60)37-56-61(57-38-53)59-48-32-30-44(50(3,4)40-23-15-10-16-24-40)34-46(48)52(7,8)42-27-19-12-20-28-42;1-25(2)17-21(18-26(3,4)29-25)33-23(31)15-13-11-9-10-12-14-16-24(32)34-22-19-27(5,6)30-28(7,8)20-22/h9-34H,35-38H2,1-8H3;21-22,29-30H,9-20H2,1-8H3. The van der Waals surface area contributed by atoms with E-state index in [4.69, 9.17) is 36.6 Å². The van der Waals surface area contributed by atoms with Gasteiger partial charge in [-0.1, -0.05) is 227 Å². The van der Waals surface area contributed by atoms with Crippen LogP contribution in [0.25, 0.3) is 0 Å². The van der Waals surface area contributed by atoms with Gasteiger partial charge in [0, 0.05) is 93.5 Å². The first kappa shape index (κ1) is 73.7. The van der Waals surface area contributed by atoms with Crippen molar-refractivity contribution in [2.24, 2.45) is 5.41 Å². The first-order valence-electron chi connectivity index (χ1n) is 34.7. The summed E-state index contributed by atoms with van der Waals surface area (Å²) < 4.78 is 50.5. The van der Waals surface area contributed by atoms with Crippen molar-refractivity contribution in [2.75, 3.05) is 26.4 Å². The summed E-state index contributed by atoms with van der Waals surface area (Å²) in [7, 11) is -3.34. The van der Waals surface area contributed by atoms with Crippen LogP contribution in [0.2, 0.25) is 0 Å². The number of unbranched alkanes of at least 4 members (excludes halogenated alkanes) is 5. The third-order valence-corrected chi connectivity index (χ3v) is 21.9. The van der Waals surface area contributed by atoms with Crippen LogP contribution in [0.3, 0.4) is 0 Å². The molecule has 6 aromatic rings. The summed E-state index contributed by atoms with van der Waals surface area (Å²) in [5.74, 6) is 1.38. The number of piperidine rings is 2. The Morgan fingerprint density at radius 3 is 0.958 bits per heavy atom. The van der Waals surface area contributed by atoms with E-state index < -0.39 is 22.6 Å². The van der Waals surface area contributed by atoms with E-state index in [0.717, 1.165) is 86.8 Å². The lowest BCUT2D eigenvalue weighted by atomic mass is 9.73. The molecule has 0 aliphatic carbocycles. The van der Waals surface area contributed by atoms with Crippen LogP contribution in [0.1, 0.15) is 232 Å². The first-order valence-corrected chi connectivity index (χ1v) is 36.9. The molecule has 4 fully saturated rings. The third-order valence-electron chi connectivity index (χ3n) is 19.9. The van der Waals surface area contributed by atoms with Crippen molar-refractivity contribution in [3.63, 3.8) is 0 Å². The van der Waals surface area contributed by atoms with Gasteiger partial charge in [0.2, 0.25) is 0 Å². The molecule has 14 heteroatoms. The smallest absolute Gasteiger partial charge is 0.397 e. The highest BCUT2D eigenvalue weighted by Gasteiger charge is 2.47. The first-order chi connectivity index (χ1) is 44.8. The van der Waals surface area contributed by atoms with Crippen LogP contribution in [0.15, 0.2) is 158 Å². The van der Waals surface area contributed by atoms with Crippen molar-refractivity contribution < 1.29 is 46.2 Å². The molecule has 4 saturated heterocycles. The number of nitrogens with one attached hydrogen (secondary N) is 2. The maximum Gasteiger partial charge on any atom is 0.397 e. The molecule has 4 aliphatic rings. The number of esters is 2. The van der Waals surface area contributed by atoms with E-state index in [9.17, 15) is 9.59 Å². The summed E-state index contributed by atoms with van der Waals surface area (Å²) in [6.45, 7) is 37.0. The molecule has 0 radical (unpaired) electrons. The molecule has 0 saturated carbocycles. The Bertz CT molecular complexity index is 3180. The van der Waals surface area contributed by atoms with Crippen molar-refractivity contribution in [3.8, 4) is 11.5 Å². The highest BCUT2D eigenvalue weighted by molar-refractivity contribution is 7.42. The van der Waals surface area contributed by atoms with Gasteiger partial charge in [-0.15, -0.1) is 0 Å². The van der Waals surface area contributed by atoms with E-state index in [1.54, 1.807) is 0 Å². The molecule has 6 aromatic carbocycles. The van der Waals surface area contributed by atoms with Gasteiger partial charge in [-0.25, -0.2) is 0 Å². The number of hydrogen-bond donors (Lipinski definition) is 2. The summed E-state index contributed by atoms with van der Waals surface area (Å²) in [4.78, 5) is 24.6. The largest absolute Gasteiger partial charge is 0.462 e. The zero-order valence-electron chi connectivity index (χ0n) is 60.0. The zero-order valence-corrected chi connectivity index (χ0v) is 61.7. The molecular weight excluding hydrogens is 1220 g/mol. The molecule has 0 amide bonds. The fourth-order valence-electron chi connectivity index (χ4n) is 14.7. The van der Waals surface area contributed by atoms with Gasteiger partial charge in [-0.05, 0) is 114 Å². The van der Waals surface area contributed by atoms with Crippen molar-refractivity contribution in [1.29, 1.82) is 0 Å². The Kier molecular flexibility index (Phi) is 23.8. The molecule has 4 aliphatic heterocycles. The van der Waals surface area contributed by atoms with Crippen molar-refractivity contribution in [1.82, 2.24) is 10.6 Å². The highest BCUT2D eigenvalue weighted by atomic mass is 31.2. The normalized spacial score (nSPS) is 21.4. The Labute approximate surface area is 572 Å². The average molecular weight is 1330 g/mol. The number of carbonyl (C=O) groups is 2. The topological polar surface area (TPSA) is 132 Å². The summed E-state index contributed by atoms with van der Waals surface area (Å²) in [5, 5.41) is 7.25. The Morgan fingerprint density at radius 1 is 0.389 bits per heavy atom. The molecule has 2 N–H and O–H groups in total. The van der Waals surface area contributed by atoms with Crippen LogP contribution >= 0.6 is 17.2 Å². The molecule has 95 heavy (non-hydrogen) atoms. The molecule has 12 nitrogen and oxygen atoms in total. The second-order valence-corrected chi connectivity index (χ2v) is 34.3. The minimum atomic E-state index is -1.67. The second kappa shape index (κ2) is 30.7. The number of ether oxygens (including phenoxy) is 2. The second-order valence-electron chi connectivity index (χ2n) is 32.1. The van der Waals surface area contributed by atoms with E-state index in [2.05, 4.69) is 279 Å². The third kappa shape index (κ3) is 19.7. The summed E-state index contributed by atoms with van der Waals surface area (Å²) in [5.41, 5.74) is 7.79. The molecule has 4 heterocycles. The van der Waals surface area contributed by atoms with Gasteiger partial charge in [0.15, 0.2) is 0 Å². The Hall–Kier alpha value is -5.52. The van der Waals surface area contributed by atoms with E-state index in [1.807, 2.05) is 0 Å². The Morgan fingerprint density at radius 2 is 0.663 bits per heavy atom.